The number of anilines is 2. The molecule has 2 heterocycles. The fourth-order valence-electron chi connectivity index (χ4n) is 3.10. The number of benzene rings is 2. The third-order valence-corrected chi connectivity index (χ3v) is 7.55. The summed E-state index contributed by atoms with van der Waals surface area (Å²) in [5, 5.41) is 21.5. The van der Waals surface area contributed by atoms with Gasteiger partial charge in [-0.25, -0.2) is 8.42 Å². The van der Waals surface area contributed by atoms with E-state index in [4.69, 9.17) is 4.74 Å². The van der Waals surface area contributed by atoms with E-state index >= 15 is 0 Å². The van der Waals surface area contributed by atoms with Gasteiger partial charge in [-0.15, -0.1) is 11.3 Å². The Morgan fingerprint density at radius 3 is 2.44 bits per heavy atom. The molecule has 1 N–H and O–H groups in total. The van der Waals surface area contributed by atoms with Crippen LogP contribution in [0.4, 0.5) is 11.4 Å². The van der Waals surface area contributed by atoms with Crippen molar-refractivity contribution >= 4 is 44.8 Å². The third-order valence-electron chi connectivity index (χ3n) is 4.77. The lowest BCUT2D eigenvalue weighted by molar-refractivity contribution is -0.213. The molecule has 166 valence electrons. The van der Waals surface area contributed by atoms with E-state index in [1.807, 2.05) is 24.3 Å². The summed E-state index contributed by atoms with van der Waals surface area (Å²) in [5.74, 6) is -0.515. The van der Waals surface area contributed by atoms with Crippen LogP contribution in [0, 0.1) is 0 Å². The van der Waals surface area contributed by atoms with Gasteiger partial charge < -0.3 is 14.7 Å². The second kappa shape index (κ2) is 9.94. The number of hydrogen-bond donors (Lipinski definition) is 1. The van der Waals surface area contributed by atoms with Crippen molar-refractivity contribution in [1.82, 2.24) is 0 Å². The number of rotatable bonds is 7. The summed E-state index contributed by atoms with van der Waals surface area (Å²) in [4.78, 5) is 2.25. The molecule has 0 saturated carbocycles. The Hall–Kier alpha value is -3.21. The maximum absolute atomic E-state index is 12.3. The molecule has 4 rings (SSSR count). The third kappa shape index (κ3) is 5.52. The summed E-state index contributed by atoms with van der Waals surface area (Å²) in [7, 11) is -3.63. The van der Waals surface area contributed by atoms with Crippen LogP contribution in [-0.4, -0.2) is 46.8 Å². The fourth-order valence-corrected chi connectivity index (χ4v) is 5.15. The van der Waals surface area contributed by atoms with Gasteiger partial charge in [0.05, 0.1) is 19.4 Å². The summed E-state index contributed by atoms with van der Waals surface area (Å²) >= 11 is 1.13. The van der Waals surface area contributed by atoms with Gasteiger partial charge in [0.2, 0.25) is 0 Å². The highest BCUT2D eigenvalue weighted by Gasteiger charge is 2.15. The van der Waals surface area contributed by atoms with Crippen LogP contribution >= 0.6 is 11.3 Å². The van der Waals surface area contributed by atoms with Crippen molar-refractivity contribution in [2.24, 2.45) is 10.2 Å². The van der Waals surface area contributed by atoms with E-state index in [-0.39, 0.29) is 4.21 Å². The first-order chi connectivity index (χ1) is 15.5. The zero-order valence-electron chi connectivity index (χ0n) is 17.0. The van der Waals surface area contributed by atoms with Gasteiger partial charge in [0.1, 0.15) is 4.21 Å². The number of morpholine rings is 1. The Balaban J connectivity index is 1.37. The predicted molar refractivity (Wildman–Crippen MR) is 125 cm³/mol. The summed E-state index contributed by atoms with van der Waals surface area (Å²) < 4.78 is 32.6. The van der Waals surface area contributed by atoms with E-state index in [0.29, 0.717) is 11.3 Å². The zero-order valence-corrected chi connectivity index (χ0v) is 18.7. The minimum atomic E-state index is -3.63. The molecule has 0 atom stereocenters. The van der Waals surface area contributed by atoms with Gasteiger partial charge in [-0.1, -0.05) is 30.3 Å². The summed E-state index contributed by atoms with van der Waals surface area (Å²) in [5.41, 5.74) is 2.62. The Morgan fingerprint density at radius 2 is 1.78 bits per heavy atom. The maximum Gasteiger partial charge on any atom is 0.271 e. The largest absolute Gasteiger partial charge is 0.857 e. The van der Waals surface area contributed by atoms with Crippen molar-refractivity contribution in [1.29, 1.82) is 0 Å². The second-order valence-corrected chi connectivity index (χ2v) is 9.81. The van der Waals surface area contributed by atoms with E-state index in [1.54, 1.807) is 11.4 Å². The van der Waals surface area contributed by atoms with Gasteiger partial charge in [-0.3, -0.25) is 4.72 Å². The van der Waals surface area contributed by atoms with Crippen LogP contribution in [0.25, 0.3) is 0 Å². The Kier molecular flexibility index (Phi) is 6.84. The molecular formula is C22H21N4O4S2-. The van der Waals surface area contributed by atoms with Crippen LogP contribution in [0.3, 0.4) is 0 Å². The van der Waals surface area contributed by atoms with Gasteiger partial charge in [0, 0.05) is 30.4 Å². The van der Waals surface area contributed by atoms with Gasteiger partial charge >= 0.3 is 0 Å². The average Bonchev–Trinajstić information content (AvgIpc) is 3.37. The molecule has 1 aliphatic heterocycles. The normalized spacial score (nSPS) is 15.2. The lowest BCUT2D eigenvalue weighted by Gasteiger charge is -2.28. The van der Waals surface area contributed by atoms with Crippen LogP contribution in [0.1, 0.15) is 11.1 Å². The van der Waals surface area contributed by atoms with Crippen molar-refractivity contribution < 1.29 is 18.3 Å². The molecule has 1 aromatic heterocycles. The standard InChI is InChI=1S/C22H22N4O4S2/c27-22(18-5-7-19(8-6-18)25-32(28,29)21-2-1-15-31-21)24-23-16-17-3-9-20(10-4-17)26-11-13-30-14-12-26/h1-10,15-16,25H,11-14H2,(H,24,27)/p-1/b23-16-. The first-order valence-corrected chi connectivity index (χ1v) is 12.3. The van der Waals surface area contributed by atoms with E-state index in [1.165, 1.54) is 36.5 Å². The van der Waals surface area contributed by atoms with Crippen molar-refractivity contribution in [3.8, 4) is 0 Å². The number of sulfonamides is 1. The molecule has 8 nitrogen and oxygen atoms in total. The van der Waals surface area contributed by atoms with Crippen LogP contribution < -0.4 is 14.7 Å². The molecule has 0 spiro atoms. The SMILES string of the molecule is O=S(=O)(Nc1ccc(C([O-])=N/N=C\c2ccc(N3CCOCC3)cc2)cc1)c1cccs1. The Labute approximate surface area is 190 Å². The molecule has 1 fully saturated rings. The summed E-state index contributed by atoms with van der Waals surface area (Å²) in [6.45, 7) is 3.19. The first kappa shape index (κ1) is 22.0. The second-order valence-electron chi connectivity index (χ2n) is 6.96. The molecule has 0 amide bonds. The smallest absolute Gasteiger partial charge is 0.271 e. The molecule has 0 bridgehead atoms. The van der Waals surface area contributed by atoms with E-state index in [9.17, 15) is 13.5 Å². The number of hydrogen-bond acceptors (Lipinski definition) is 8. The fraction of sp³-hybridized carbons (Fsp3) is 0.182. The molecule has 0 radical (unpaired) electrons. The van der Waals surface area contributed by atoms with Crippen molar-refractivity contribution in [2.75, 3.05) is 35.9 Å². The molecule has 10 heteroatoms. The highest BCUT2D eigenvalue weighted by atomic mass is 32.2. The molecule has 32 heavy (non-hydrogen) atoms. The zero-order chi connectivity index (χ0) is 22.4. The number of nitrogens with zero attached hydrogens (tertiary/aromatic N) is 3. The monoisotopic (exact) mass is 469 g/mol. The van der Waals surface area contributed by atoms with Crippen LogP contribution in [0.15, 0.2) is 80.5 Å². The molecule has 2 aromatic carbocycles. The lowest BCUT2D eigenvalue weighted by Crippen LogP contribution is -2.36. The summed E-state index contributed by atoms with van der Waals surface area (Å²) in [6.07, 6.45) is 1.52. The molecule has 0 unspecified atom stereocenters. The Morgan fingerprint density at radius 1 is 1.06 bits per heavy atom. The average molecular weight is 470 g/mol. The highest BCUT2D eigenvalue weighted by molar-refractivity contribution is 7.94. The van der Waals surface area contributed by atoms with Gasteiger partial charge in [-0.05, 0) is 46.8 Å². The summed E-state index contributed by atoms with van der Waals surface area (Å²) in [6, 6.07) is 17.1. The van der Waals surface area contributed by atoms with Gasteiger partial charge in [-0.2, -0.15) is 10.2 Å². The van der Waals surface area contributed by atoms with Gasteiger partial charge in [0.25, 0.3) is 10.0 Å². The maximum atomic E-state index is 12.3. The topological polar surface area (TPSA) is 106 Å². The van der Waals surface area contributed by atoms with Crippen molar-refractivity contribution in [3.05, 3.63) is 77.2 Å². The predicted octanol–water partition coefficient (Wildman–Crippen LogP) is 2.53. The molecule has 0 aliphatic carbocycles. The first-order valence-electron chi connectivity index (χ1n) is 9.89. The number of thiophene rings is 1. The Bertz CT molecular complexity index is 1180. The van der Waals surface area contributed by atoms with Crippen molar-refractivity contribution in [3.63, 3.8) is 0 Å². The number of nitrogens with one attached hydrogen (secondary N) is 1. The highest BCUT2D eigenvalue weighted by Crippen LogP contribution is 2.20. The molecule has 1 aliphatic rings. The van der Waals surface area contributed by atoms with E-state index in [2.05, 4.69) is 19.8 Å². The van der Waals surface area contributed by atoms with E-state index < -0.39 is 15.9 Å². The van der Waals surface area contributed by atoms with Crippen molar-refractivity contribution in [2.45, 2.75) is 4.21 Å². The lowest BCUT2D eigenvalue weighted by atomic mass is 10.2. The van der Waals surface area contributed by atoms with Crippen LogP contribution in [0.5, 0.6) is 0 Å². The minimum absolute atomic E-state index is 0.222. The number of ether oxygens (including phenoxy) is 1. The van der Waals surface area contributed by atoms with Crippen LogP contribution in [-0.2, 0) is 14.8 Å². The molecular weight excluding hydrogens is 448 g/mol. The van der Waals surface area contributed by atoms with Gasteiger partial charge in [0.15, 0.2) is 0 Å². The quantitative estimate of drug-likeness (QED) is 0.325. The minimum Gasteiger partial charge on any atom is -0.857 e. The molecule has 1 saturated heterocycles. The van der Waals surface area contributed by atoms with E-state index in [0.717, 1.165) is 48.9 Å². The molecule has 3 aromatic rings. The van der Waals surface area contributed by atoms with Crippen LogP contribution in [0.2, 0.25) is 0 Å².